The monoisotopic (exact) mass is 293 g/mol. The number of halogens is 1. The Bertz CT molecular complexity index is 629. The van der Waals surface area contributed by atoms with E-state index in [-0.39, 0.29) is 11.3 Å². The summed E-state index contributed by atoms with van der Waals surface area (Å²) in [6, 6.07) is 2.64. The van der Waals surface area contributed by atoms with Gasteiger partial charge in [-0.15, -0.1) is 11.3 Å². The second-order valence-electron chi connectivity index (χ2n) is 4.86. The molecular formula is C14H16FN3OS. The summed E-state index contributed by atoms with van der Waals surface area (Å²) in [5.41, 5.74) is 7.37. The third-order valence-corrected chi connectivity index (χ3v) is 3.76. The van der Waals surface area contributed by atoms with E-state index in [2.05, 4.69) is 10.3 Å². The zero-order valence-electron chi connectivity index (χ0n) is 11.5. The number of nitrogens with two attached hydrogens (primary N) is 1. The average Bonchev–Trinajstić information content (AvgIpc) is 2.84. The van der Waals surface area contributed by atoms with Crippen molar-refractivity contribution in [3.8, 4) is 0 Å². The van der Waals surface area contributed by atoms with Crippen molar-refractivity contribution in [1.82, 2.24) is 4.98 Å². The van der Waals surface area contributed by atoms with Crippen molar-refractivity contribution in [2.75, 3.05) is 11.1 Å². The molecule has 106 valence electrons. The molecule has 0 aliphatic rings. The van der Waals surface area contributed by atoms with Gasteiger partial charge in [-0.25, -0.2) is 9.37 Å². The molecule has 3 N–H and O–H groups in total. The van der Waals surface area contributed by atoms with Gasteiger partial charge in [0.25, 0.3) is 5.91 Å². The Morgan fingerprint density at radius 1 is 1.45 bits per heavy atom. The molecule has 2 rings (SSSR count). The Morgan fingerprint density at radius 3 is 2.70 bits per heavy atom. The first-order valence-electron chi connectivity index (χ1n) is 6.21. The molecule has 1 heterocycles. The predicted octanol–water partition coefficient (Wildman–Crippen LogP) is 3.55. The van der Waals surface area contributed by atoms with E-state index in [1.165, 1.54) is 23.5 Å². The number of aromatic nitrogens is 1. The van der Waals surface area contributed by atoms with Gasteiger partial charge in [0, 0.05) is 22.2 Å². The molecule has 0 fully saturated rings. The van der Waals surface area contributed by atoms with Crippen LogP contribution >= 0.6 is 11.3 Å². The van der Waals surface area contributed by atoms with E-state index in [4.69, 9.17) is 5.73 Å². The quantitative estimate of drug-likeness (QED) is 0.850. The lowest BCUT2D eigenvalue weighted by atomic mass is 10.1. The molecule has 0 aliphatic heterocycles. The van der Waals surface area contributed by atoms with Crippen molar-refractivity contribution in [2.45, 2.75) is 26.7 Å². The minimum atomic E-state index is -0.489. The summed E-state index contributed by atoms with van der Waals surface area (Å²) >= 11 is 1.34. The summed E-state index contributed by atoms with van der Waals surface area (Å²) in [6.07, 6.45) is 0. The van der Waals surface area contributed by atoms with Gasteiger partial charge in [-0.2, -0.15) is 0 Å². The summed E-state index contributed by atoms with van der Waals surface area (Å²) in [5, 5.41) is 5.05. The van der Waals surface area contributed by atoms with Crippen molar-refractivity contribution in [2.24, 2.45) is 0 Å². The van der Waals surface area contributed by atoms with Crippen LogP contribution in [0.15, 0.2) is 17.5 Å². The lowest BCUT2D eigenvalue weighted by molar-refractivity contribution is 0.102. The summed E-state index contributed by atoms with van der Waals surface area (Å²) < 4.78 is 13.6. The largest absolute Gasteiger partial charge is 0.398 e. The van der Waals surface area contributed by atoms with Crippen molar-refractivity contribution in [3.05, 3.63) is 40.2 Å². The van der Waals surface area contributed by atoms with Gasteiger partial charge in [-0.05, 0) is 25.0 Å². The number of thiazole rings is 1. The van der Waals surface area contributed by atoms with Gasteiger partial charge in [0.2, 0.25) is 0 Å². The zero-order chi connectivity index (χ0) is 14.9. The van der Waals surface area contributed by atoms with Crippen molar-refractivity contribution < 1.29 is 9.18 Å². The molecule has 1 amide bonds. The SMILES string of the molecule is Cc1c(N)cc(C(=O)Nc2nc(C(C)C)cs2)cc1F. The second-order valence-corrected chi connectivity index (χ2v) is 5.72. The molecule has 0 unspecified atom stereocenters. The van der Waals surface area contributed by atoms with Gasteiger partial charge in [0.05, 0.1) is 5.69 Å². The van der Waals surface area contributed by atoms with E-state index in [9.17, 15) is 9.18 Å². The smallest absolute Gasteiger partial charge is 0.257 e. The van der Waals surface area contributed by atoms with Crippen molar-refractivity contribution in [1.29, 1.82) is 0 Å². The molecule has 0 saturated heterocycles. The summed E-state index contributed by atoms with van der Waals surface area (Å²) in [7, 11) is 0. The first-order chi connectivity index (χ1) is 9.38. The molecule has 6 heteroatoms. The van der Waals surface area contributed by atoms with E-state index in [0.29, 0.717) is 16.6 Å². The van der Waals surface area contributed by atoms with Gasteiger partial charge in [-0.3, -0.25) is 10.1 Å². The van der Waals surface area contributed by atoms with Crippen LogP contribution in [0.4, 0.5) is 15.2 Å². The summed E-state index contributed by atoms with van der Waals surface area (Å²) in [6.45, 7) is 5.62. The highest BCUT2D eigenvalue weighted by Gasteiger charge is 2.13. The number of nitrogens with one attached hydrogen (secondary N) is 1. The molecule has 0 spiro atoms. The standard InChI is InChI=1S/C14H16FN3OS/c1-7(2)12-6-20-14(17-12)18-13(19)9-4-10(15)8(3)11(16)5-9/h4-7H,16H2,1-3H3,(H,17,18,19). The number of rotatable bonds is 3. The van der Waals surface area contributed by atoms with Crippen LogP contribution in [0.25, 0.3) is 0 Å². The van der Waals surface area contributed by atoms with Crippen LogP contribution in [0.3, 0.4) is 0 Å². The highest BCUT2D eigenvalue weighted by Crippen LogP contribution is 2.23. The molecule has 0 bridgehead atoms. The van der Waals surface area contributed by atoms with E-state index >= 15 is 0 Å². The number of nitrogen functional groups attached to an aromatic ring is 1. The number of amides is 1. The first-order valence-corrected chi connectivity index (χ1v) is 7.09. The Morgan fingerprint density at radius 2 is 2.15 bits per heavy atom. The summed E-state index contributed by atoms with van der Waals surface area (Å²) in [5.74, 6) is -0.609. The van der Waals surface area contributed by atoms with Crippen molar-refractivity contribution in [3.63, 3.8) is 0 Å². The molecule has 20 heavy (non-hydrogen) atoms. The zero-order valence-corrected chi connectivity index (χ0v) is 12.3. The number of carbonyl (C=O) groups is 1. The molecular weight excluding hydrogens is 277 g/mol. The number of hydrogen-bond acceptors (Lipinski definition) is 4. The van der Waals surface area contributed by atoms with E-state index in [1.54, 1.807) is 6.92 Å². The molecule has 0 atom stereocenters. The van der Waals surface area contributed by atoms with Gasteiger partial charge >= 0.3 is 0 Å². The Balaban J connectivity index is 2.19. The summed E-state index contributed by atoms with van der Waals surface area (Å²) in [4.78, 5) is 16.3. The molecule has 1 aromatic heterocycles. The highest BCUT2D eigenvalue weighted by atomic mass is 32.1. The Hall–Kier alpha value is -1.95. The van der Waals surface area contributed by atoms with E-state index in [1.807, 2.05) is 19.2 Å². The minimum absolute atomic E-state index is 0.187. The molecule has 2 aromatic rings. The molecule has 4 nitrogen and oxygen atoms in total. The maximum absolute atomic E-state index is 13.6. The minimum Gasteiger partial charge on any atom is -0.398 e. The van der Waals surface area contributed by atoms with Crippen molar-refractivity contribution >= 4 is 28.1 Å². The first kappa shape index (κ1) is 14.5. The topological polar surface area (TPSA) is 68.0 Å². The fraction of sp³-hybridized carbons (Fsp3) is 0.286. The lowest BCUT2D eigenvalue weighted by Gasteiger charge is -2.06. The number of nitrogens with zero attached hydrogens (tertiary/aromatic N) is 1. The number of benzene rings is 1. The maximum atomic E-state index is 13.6. The third-order valence-electron chi connectivity index (χ3n) is 2.98. The predicted molar refractivity (Wildman–Crippen MR) is 79.7 cm³/mol. The van der Waals surface area contributed by atoms with E-state index < -0.39 is 11.7 Å². The Labute approximate surface area is 120 Å². The average molecular weight is 293 g/mol. The number of hydrogen-bond donors (Lipinski definition) is 2. The lowest BCUT2D eigenvalue weighted by Crippen LogP contribution is -2.13. The van der Waals surface area contributed by atoms with Crippen LogP contribution in [-0.2, 0) is 0 Å². The molecule has 0 radical (unpaired) electrons. The van der Waals surface area contributed by atoms with Gasteiger partial charge < -0.3 is 5.73 Å². The fourth-order valence-electron chi connectivity index (χ4n) is 1.61. The van der Waals surface area contributed by atoms with Crippen LogP contribution in [0.2, 0.25) is 0 Å². The molecule has 0 aliphatic carbocycles. The van der Waals surface area contributed by atoms with Crippen LogP contribution in [-0.4, -0.2) is 10.9 Å². The normalized spacial score (nSPS) is 10.8. The van der Waals surface area contributed by atoms with Gasteiger partial charge in [0.1, 0.15) is 5.82 Å². The van der Waals surface area contributed by atoms with E-state index in [0.717, 1.165) is 5.69 Å². The fourth-order valence-corrected chi connectivity index (χ4v) is 2.48. The van der Waals surface area contributed by atoms with Crippen LogP contribution in [0.5, 0.6) is 0 Å². The highest BCUT2D eigenvalue weighted by molar-refractivity contribution is 7.14. The number of carbonyl (C=O) groups excluding carboxylic acids is 1. The Kier molecular flexibility index (Phi) is 4.04. The maximum Gasteiger partial charge on any atom is 0.257 e. The number of anilines is 2. The molecule has 1 aromatic carbocycles. The van der Waals surface area contributed by atoms with Crippen LogP contribution in [0, 0.1) is 12.7 Å². The molecule has 0 saturated carbocycles. The van der Waals surface area contributed by atoms with Gasteiger partial charge in [0.15, 0.2) is 5.13 Å². The van der Waals surface area contributed by atoms with Crippen LogP contribution in [0.1, 0.15) is 41.4 Å². The van der Waals surface area contributed by atoms with Crippen LogP contribution < -0.4 is 11.1 Å². The second kappa shape index (κ2) is 5.58. The van der Waals surface area contributed by atoms with Gasteiger partial charge in [-0.1, -0.05) is 13.8 Å². The third kappa shape index (κ3) is 2.96.